The summed E-state index contributed by atoms with van der Waals surface area (Å²) in [6.45, 7) is 3.49. The molecular formula is C57H49F9N10O4. The van der Waals surface area contributed by atoms with E-state index in [4.69, 9.17) is 0 Å². The number of hydrogen-bond donors (Lipinski definition) is 6. The van der Waals surface area contributed by atoms with E-state index in [-0.39, 0.29) is 59.1 Å². The van der Waals surface area contributed by atoms with E-state index >= 15 is 0 Å². The summed E-state index contributed by atoms with van der Waals surface area (Å²) in [6, 6.07) is 41.9. The summed E-state index contributed by atoms with van der Waals surface area (Å²) in [5.74, 6) is -1.09. The second-order valence-electron chi connectivity index (χ2n) is 16.9. The summed E-state index contributed by atoms with van der Waals surface area (Å²) < 4.78 is 126. The molecule has 0 saturated heterocycles. The molecule has 0 fully saturated rings. The van der Waals surface area contributed by atoms with E-state index in [1.165, 1.54) is 16.2 Å². The number of carbonyl (C=O) groups excluding carboxylic acids is 2. The highest BCUT2D eigenvalue weighted by molar-refractivity contribution is 5.94. The quantitative estimate of drug-likeness (QED) is 0.0575. The molecule has 0 aliphatic rings. The number of hydrogen-bond acceptors (Lipinski definition) is 10. The Morgan fingerprint density at radius 3 is 1.27 bits per heavy atom. The molecule has 9 rings (SSSR count). The van der Waals surface area contributed by atoms with Crippen molar-refractivity contribution in [2.24, 2.45) is 0 Å². The standard InChI is InChI=1S/C30H21F6N5O2.C25H22F3N5O2.C2H6/c31-29(32,33)18-11-13-20(14-12-18)39-26(43)17-37-24-15-22(30(34,35)36)27-23(42)16-25(38-19-7-3-1-4-8-19)41(28(27)40-24)21-9-5-2-6-10-21;1-29-22(35)12-13-30-20-14-18(25(26,27)28)23-19(34)15-21(31-16-8-4-2-5-9-16)33(24(23)32-20)17-10-6-3-7-11-17;1-2/h1-16,38H,17H2,(H,37,40)(H,39,43);2-11,14-15,31H,12-13H2,1H3,(H,29,35)(H,30,32);1-2H3. The molecule has 0 unspecified atom stereocenters. The van der Waals surface area contributed by atoms with Crippen molar-refractivity contribution in [1.82, 2.24) is 24.4 Å². The van der Waals surface area contributed by atoms with Crippen LogP contribution in [0.2, 0.25) is 0 Å². The Hall–Kier alpha value is -9.67. The zero-order valence-corrected chi connectivity index (χ0v) is 42.6. The third-order valence-electron chi connectivity index (χ3n) is 11.5. The maximum Gasteiger partial charge on any atom is 0.417 e. The van der Waals surface area contributed by atoms with Gasteiger partial charge in [-0.2, -0.15) is 39.5 Å². The average Bonchev–Trinajstić information content (AvgIpc) is 3.49. The number of alkyl halides is 9. The minimum absolute atomic E-state index is 0.0403. The Labute approximate surface area is 450 Å². The molecule has 80 heavy (non-hydrogen) atoms. The van der Waals surface area contributed by atoms with Gasteiger partial charge >= 0.3 is 18.5 Å². The van der Waals surface area contributed by atoms with Gasteiger partial charge in [-0.1, -0.05) is 86.6 Å². The molecule has 0 radical (unpaired) electrons. The number of pyridine rings is 4. The van der Waals surface area contributed by atoms with Crippen molar-refractivity contribution in [1.29, 1.82) is 0 Å². The zero-order chi connectivity index (χ0) is 57.8. The van der Waals surface area contributed by atoms with Crippen LogP contribution in [-0.4, -0.2) is 51.1 Å². The lowest BCUT2D eigenvalue weighted by atomic mass is 10.1. The predicted molar refractivity (Wildman–Crippen MR) is 291 cm³/mol. The van der Waals surface area contributed by atoms with Gasteiger partial charge in [-0.15, -0.1) is 0 Å². The van der Waals surface area contributed by atoms with Gasteiger partial charge in [0, 0.05) is 60.6 Å². The van der Waals surface area contributed by atoms with Crippen LogP contribution >= 0.6 is 0 Å². The predicted octanol–water partition coefficient (Wildman–Crippen LogP) is 12.9. The van der Waals surface area contributed by atoms with Crippen LogP contribution in [0.5, 0.6) is 0 Å². The number of rotatable bonds is 14. The van der Waals surface area contributed by atoms with Gasteiger partial charge in [0.05, 0.1) is 34.0 Å². The number of amides is 2. The van der Waals surface area contributed by atoms with E-state index in [1.807, 2.05) is 19.9 Å². The molecule has 0 bridgehead atoms. The average molecular weight is 1110 g/mol. The normalized spacial score (nSPS) is 11.3. The molecule has 5 aromatic carbocycles. The Kier molecular flexibility index (Phi) is 18.3. The molecule has 0 atom stereocenters. The number of carbonyl (C=O) groups is 2. The number of fused-ring (bicyclic) bond motifs is 2. The monoisotopic (exact) mass is 1110 g/mol. The van der Waals surface area contributed by atoms with E-state index in [1.54, 1.807) is 115 Å². The van der Waals surface area contributed by atoms with Crippen LogP contribution in [0.25, 0.3) is 33.4 Å². The van der Waals surface area contributed by atoms with Crippen molar-refractivity contribution >= 4 is 74.2 Å². The molecule has 6 N–H and O–H groups in total. The summed E-state index contributed by atoms with van der Waals surface area (Å²) in [7, 11) is 1.47. The molecule has 414 valence electrons. The third kappa shape index (κ3) is 14.3. The van der Waals surface area contributed by atoms with Gasteiger partial charge in [-0.25, -0.2) is 9.97 Å². The van der Waals surface area contributed by atoms with E-state index in [2.05, 4.69) is 41.9 Å². The van der Waals surface area contributed by atoms with E-state index < -0.39 is 69.3 Å². The molecule has 14 nitrogen and oxygen atoms in total. The van der Waals surface area contributed by atoms with Crippen LogP contribution in [0.1, 0.15) is 37.0 Å². The molecule has 4 heterocycles. The van der Waals surface area contributed by atoms with Crippen molar-refractivity contribution in [3.8, 4) is 11.4 Å². The first-order chi connectivity index (χ1) is 38.2. The largest absolute Gasteiger partial charge is 0.417 e. The van der Waals surface area contributed by atoms with Gasteiger partial charge in [0.25, 0.3) is 0 Å². The van der Waals surface area contributed by atoms with Crippen molar-refractivity contribution < 1.29 is 49.1 Å². The van der Waals surface area contributed by atoms with Crippen LogP contribution < -0.4 is 42.8 Å². The smallest absolute Gasteiger partial charge is 0.369 e. The SMILES string of the molecule is CC.CNC(=O)CCNc1cc(C(F)(F)F)c2c(=O)cc(Nc3ccccc3)n(-c3ccccc3)c2n1.O=C(CNc1cc(C(F)(F)F)c2c(=O)cc(Nc3ccccc3)n(-c3ccccc3)c2n1)Nc1ccc(C(F)(F)F)cc1. The molecule has 0 spiro atoms. The molecule has 2 amide bonds. The highest BCUT2D eigenvalue weighted by Gasteiger charge is 2.37. The maximum absolute atomic E-state index is 14.3. The molecule has 4 aromatic heterocycles. The maximum atomic E-state index is 14.3. The number of nitrogens with one attached hydrogen (secondary N) is 6. The molecule has 0 aliphatic heterocycles. The van der Waals surface area contributed by atoms with Crippen LogP contribution in [0.4, 0.5) is 79.8 Å². The highest BCUT2D eigenvalue weighted by atomic mass is 19.4. The van der Waals surface area contributed by atoms with Crippen molar-refractivity contribution in [2.75, 3.05) is 46.7 Å². The molecule has 0 saturated carbocycles. The highest BCUT2D eigenvalue weighted by Crippen LogP contribution is 2.38. The van der Waals surface area contributed by atoms with Crippen molar-refractivity contribution in [2.45, 2.75) is 38.8 Å². The number of halogens is 9. The number of aromatic nitrogens is 4. The van der Waals surface area contributed by atoms with Crippen LogP contribution in [0.3, 0.4) is 0 Å². The summed E-state index contributed by atoms with van der Waals surface area (Å²) in [5, 5.41) is 15.1. The topological polar surface area (TPSA) is 176 Å². The van der Waals surface area contributed by atoms with Gasteiger partial charge in [0.1, 0.15) is 23.3 Å². The van der Waals surface area contributed by atoms with Gasteiger partial charge in [0.2, 0.25) is 11.8 Å². The van der Waals surface area contributed by atoms with Gasteiger partial charge in [-0.05, 0) is 84.9 Å². The number of anilines is 7. The second kappa shape index (κ2) is 25.2. The summed E-state index contributed by atoms with van der Waals surface area (Å²) in [4.78, 5) is 58.9. The zero-order valence-electron chi connectivity index (χ0n) is 42.6. The Balaban J connectivity index is 0.000000229. The fourth-order valence-electron chi connectivity index (χ4n) is 8.00. The van der Waals surface area contributed by atoms with E-state index in [9.17, 15) is 58.7 Å². The fraction of sp³-hybridized carbons (Fsp3) is 0.158. The lowest BCUT2D eigenvalue weighted by molar-refractivity contribution is -0.138. The minimum atomic E-state index is -4.96. The van der Waals surface area contributed by atoms with Crippen LogP contribution in [0.15, 0.2) is 179 Å². The van der Waals surface area contributed by atoms with Crippen LogP contribution in [0, 0.1) is 0 Å². The van der Waals surface area contributed by atoms with Gasteiger partial charge < -0.3 is 31.9 Å². The first-order valence-electron chi connectivity index (χ1n) is 24.4. The summed E-state index contributed by atoms with van der Waals surface area (Å²) >= 11 is 0. The third-order valence-corrected chi connectivity index (χ3v) is 11.5. The number of nitrogens with zero attached hydrogens (tertiary/aromatic N) is 4. The molecule has 23 heteroatoms. The lowest BCUT2D eigenvalue weighted by Crippen LogP contribution is -2.23. The second-order valence-corrected chi connectivity index (χ2v) is 16.9. The van der Waals surface area contributed by atoms with Crippen molar-refractivity contribution in [3.63, 3.8) is 0 Å². The first-order valence-corrected chi connectivity index (χ1v) is 24.4. The first kappa shape index (κ1) is 58.0. The molecule has 0 aliphatic carbocycles. The Morgan fingerprint density at radius 2 is 0.887 bits per heavy atom. The van der Waals surface area contributed by atoms with Crippen LogP contribution in [-0.2, 0) is 28.1 Å². The minimum Gasteiger partial charge on any atom is -0.369 e. The molecular weight excluding hydrogens is 1060 g/mol. The summed E-state index contributed by atoms with van der Waals surface area (Å²) in [6.07, 6.45) is -14.3. The van der Waals surface area contributed by atoms with E-state index in [0.29, 0.717) is 28.8 Å². The lowest BCUT2D eigenvalue weighted by Gasteiger charge is -2.20. The number of para-hydroxylation sites is 4. The Morgan fingerprint density at radius 1 is 0.487 bits per heavy atom. The number of benzene rings is 5. The van der Waals surface area contributed by atoms with Gasteiger partial charge in [-0.3, -0.25) is 28.3 Å². The molecule has 9 aromatic rings. The Bertz CT molecular complexity index is 3710. The summed E-state index contributed by atoms with van der Waals surface area (Å²) in [5.41, 5.74) is -3.32. The van der Waals surface area contributed by atoms with Gasteiger partial charge in [0.15, 0.2) is 22.2 Å². The van der Waals surface area contributed by atoms with Crippen molar-refractivity contribution in [3.05, 3.63) is 207 Å². The fourth-order valence-corrected chi connectivity index (χ4v) is 8.00. The van der Waals surface area contributed by atoms with E-state index in [0.717, 1.165) is 42.5 Å².